The first-order chi connectivity index (χ1) is 17.2. The zero-order valence-corrected chi connectivity index (χ0v) is 20.6. The normalized spacial score (nSPS) is 10.8. The van der Waals surface area contributed by atoms with Crippen LogP contribution in [0.4, 0.5) is 5.69 Å². The van der Waals surface area contributed by atoms with Crippen molar-refractivity contribution in [3.63, 3.8) is 0 Å². The van der Waals surface area contributed by atoms with Crippen LogP contribution in [0.3, 0.4) is 0 Å². The van der Waals surface area contributed by atoms with Crippen LogP contribution < -0.4 is 10.1 Å². The second-order valence-corrected chi connectivity index (χ2v) is 9.62. The Kier molecular flexibility index (Phi) is 6.92. The fourth-order valence-corrected chi connectivity index (χ4v) is 4.86. The number of para-hydroxylation sites is 1. The third-order valence-corrected chi connectivity index (χ3v) is 6.91. The van der Waals surface area contributed by atoms with Crippen LogP contribution in [0.15, 0.2) is 102 Å². The lowest BCUT2D eigenvalue weighted by Gasteiger charge is -2.10. The molecule has 174 valence electrons. The minimum atomic E-state index is -0.122. The van der Waals surface area contributed by atoms with Crippen molar-refractivity contribution in [2.45, 2.75) is 12.1 Å². The Labute approximate surface area is 211 Å². The van der Waals surface area contributed by atoms with Crippen molar-refractivity contribution in [3.8, 4) is 27.9 Å². The van der Waals surface area contributed by atoms with Gasteiger partial charge in [0, 0.05) is 11.4 Å². The van der Waals surface area contributed by atoms with Crippen LogP contribution in [-0.2, 0) is 4.79 Å². The van der Waals surface area contributed by atoms with Crippen molar-refractivity contribution in [2.24, 2.45) is 0 Å². The maximum Gasteiger partial charge on any atom is 0.234 e. The van der Waals surface area contributed by atoms with E-state index in [0.717, 1.165) is 22.1 Å². The Morgan fingerprint density at radius 1 is 0.914 bits per heavy atom. The van der Waals surface area contributed by atoms with Crippen LogP contribution >= 0.6 is 23.1 Å². The van der Waals surface area contributed by atoms with Crippen molar-refractivity contribution in [3.05, 3.63) is 102 Å². The third-order valence-electron chi connectivity index (χ3n) is 5.12. The van der Waals surface area contributed by atoms with E-state index in [2.05, 4.69) is 34.6 Å². The molecular weight excluding hydrogens is 476 g/mol. The molecule has 0 atom stereocenters. The largest absolute Gasteiger partial charge is 0.457 e. The van der Waals surface area contributed by atoms with Crippen LogP contribution in [0, 0.1) is 6.92 Å². The molecule has 0 bridgehead atoms. The van der Waals surface area contributed by atoms with Gasteiger partial charge in [-0.3, -0.25) is 9.36 Å². The predicted molar refractivity (Wildman–Crippen MR) is 142 cm³/mol. The van der Waals surface area contributed by atoms with Gasteiger partial charge in [0.05, 0.1) is 10.6 Å². The van der Waals surface area contributed by atoms with Crippen LogP contribution in [0.25, 0.3) is 16.4 Å². The first-order valence-corrected chi connectivity index (χ1v) is 12.8. The molecule has 35 heavy (non-hydrogen) atoms. The summed E-state index contributed by atoms with van der Waals surface area (Å²) in [6.45, 7) is 2.05. The van der Waals surface area contributed by atoms with Crippen molar-refractivity contribution < 1.29 is 9.53 Å². The van der Waals surface area contributed by atoms with E-state index in [1.54, 1.807) is 11.3 Å². The fourth-order valence-electron chi connectivity index (χ4n) is 3.41. The van der Waals surface area contributed by atoms with Gasteiger partial charge in [-0.05, 0) is 66.9 Å². The second-order valence-electron chi connectivity index (χ2n) is 7.73. The predicted octanol–water partition coefficient (Wildman–Crippen LogP) is 6.83. The highest BCUT2D eigenvalue weighted by Gasteiger charge is 2.18. The number of carbonyl (C=O) groups excluding carboxylic acids is 1. The second kappa shape index (κ2) is 10.6. The molecule has 0 spiro atoms. The molecule has 2 aromatic heterocycles. The molecule has 2 heterocycles. The lowest BCUT2D eigenvalue weighted by molar-refractivity contribution is -0.113. The summed E-state index contributed by atoms with van der Waals surface area (Å²) in [7, 11) is 0. The van der Waals surface area contributed by atoms with Gasteiger partial charge >= 0.3 is 0 Å². The maximum atomic E-state index is 12.7. The Morgan fingerprint density at radius 2 is 1.66 bits per heavy atom. The van der Waals surface area contributed by atoms with E-state index in [1.165, 1.54) is 17.3 Å². The Balaban J connectivity index is 1.26. The monoisotopic (exact) mass is 498 g/mol. The first-order valence-electron chi connectivity index (χ1n) is 11.0. The zero-order chi connectivity index (χ0) is 24.0. The molecule has 3 aromatic carbocycles. The molecule has 0 radical (unpaired) electrons. The van der Waals surface area contributed by atoms with E-state index in [0.29, 0.717) is 16.6 Å². The van der Waals surface area contributed by atoms with Gasteiger partial charge in [-0.15, -0.1) is 21.5 Å². The Hall–Kier alpha value is -3.88. The highest BCUT2D eigenvalue weighted by molar-refractivity contribution is 7.99. The van der Waals surface area contributed by atoms with Gasteiger partial charge in [-0.25, -0.2) is 0 Å². The number of benzene rings is 3. The molecule has 5 aromatic rings. The molecule has 8 heteroatoms. The summed E-state index contributed by atoms with van der Waals surface area (Å²) in [5.41, 5.74) is 2.84. The highest BCUT2D eigenvalue weighted by atomic mass is 32.2. The molecule has 0 aliphatic rings. The van der Waals surface area contributed by atoms with E-state index in [-0.39, 0.29) is 11.7 Å². The molecular formula is C27H22N4O2S2. The van der Waals surface area contributed by atoms with Gasteiger partial charge in [0.1, 0.15) is 11.5 Å². The molecule has 0 saturated heterocycles. The van der Waals surface area contributed by atoms with Crippen molar-refractivity contribution >= 4 is 34.7 Å². The van der Waals surface area contributed by atoms with E-state index < -0.39 is 0 Å². The summed E-state index contributed by atoms with van der Waals surface area (Å²) in [6.07, 6.45) is 0. The number of rotatable bonds is 8. The molecule has 0 unspecified atom stereocenters. The molecule has 0 aliphatic carbocycles. The lowest BCUT2D eigenvalue weighted by Crippen LogP contribution is -2.14. The zero-order valence-electron chi connectivity index (χ0n) is 18.9. The van der Waals surface area contributed by atoms with Crippen molar-refractivity contribution in [1.29, 1.82) is 0 Å². The summed E-state index contributed by atoms with van der Waals surface area (Å²) in [5, 5.41) is 14.4. The average molecular weight is 499 g/mol. The van der Waals surface area contributed by atoms with E-state index in [1.807, 2.05) is 88.8 Å². The number of hydrogen-bond donors (Lipinski definition) is 1. The van der Waals surface area contributed by atoms with E-state index in [4.69, 9.17) is 4.74 Å². The molecule has 0 aliphatic heterocycles. The fraction of sp³-hybridized carbons (Fsp3) is 0.0741. The topological polar surface area (TPSA) is 69.0 Å². The number of thioether (sulfide) groups is 1. The third kappa shape index (κ3) is 5.62. The molecule has 1 amide bonds. The number of nitrogens with one attached hydrogen (secondary N) is 1. The number of hydrogen-bond acceptors (Lipinski definition) is 6. The van der Waals surface area contributed by atoms with Crippen LogP contribution in [0.1, 0.15) is 5.56 Å². The molecule has 1 N–H and O–H groups in total. The van der Waals surface area contributed by atoms with Crippen molar-refractivity contribution in [1.82, 2.24) is 14.8 Å². The number of anilines is 1. The van der Waals surface area contributed by atoms with Gasteiger partial charge in [-0.1, -0.05) is 53.7 Å². The average Bonchev–Trinajstić information content (AvgIpc) is 3.55. The number of carbonyl (C=O) groups is 1. The van der Waals surface area contributed by atoms with Gasteiger partial charge in [0.2, 0.25) is 5.91 Å². The molecule has 0 saturated carbocycles. The number of ether oxygens (including phenoxy) is 1. The SMILES string of the molecule is Cc1ccc(-n2c(SCC(=O)Nc3ccc(Oc4ccccc4)cc3)nnc2-c2cccs2)cc1. The first kappa shape index (κ1) is 22.9. The Bertz CT molecular complexity index is 1400. The van der Waals surface area contributed by atoms with Gasteiger partial charge in [0.15, 0.2) is 11.0 Å². The van der Waals surface area contributed by atoms with Crippen LogP contribution in [0.2, 0.25) is 0 Å². The van der Waals surface area contributed by atoms with Gasteiger partial charge < -0.3 is 10.1 Å². The molecule has 6 nitrogen and oxygen atoms in total. The number of thiophene rings is 1. The van der Waals surface area contributed by atoms with Crippen LogP contribution in [-0.4, -0.2) is 26.4 Å². The van der Waals surface area contributed by atoms with E-state index in [9.17, 15) is 4.79 Å². The van der Waals surface area contributed by atoms with Gasteiger partial charge in [0.25, 0.3) is 0 Å². The maximum absolute atomic E-state index is 12.7. The standard InChI is InChI=1S/C27H22N4O2S2/c1-19-9-13-21(14-10-19)31-26(24-8-5-17-34-24)29-30-27(31)35-18-25(32)28-20-11-15-23(16-12-20)33-22-6-3-2-4-7-22/h2-17H,18H2,1H3,(H,28,32). The lowest BCUT2D eigenvalue weighted by atomic mass is 10.2. The molecule has 5 rings (SSSR count). The summed E-state index contributed by atoms with van der Waals surface area (Å²) < 4.78 is 7.80. The molecule has 0 fully saturated rings. The minimum absolute atomic E-state index is 0.122. The van der Waals surface area contributed by atoms with Gasteiger partial charge in [-0.2, -0.15) is 0 Å². The number of aryl methyl sites for hydroxylation is 1. The highest BCUT2D eigenvalue weighted by Crippen LogP contribution is 2.30. The van der Waals surface area contributed by atoms with E-state index >= 15 is 0 Å². The number of aromatic nitrogens is 3. The summed E-state index contributed by atoms with van der Waals surface area (Å²) in [4.78, 5) is 13.7. The summed E-state index contributed by atoms with van der Waals surface area (Å²) in [6, 6.07) is 29.1. The Morgan fingerprint density at radius 3 is 2.37 bits per heavy atom. The van der Waals surface area contributed by atoms with Crippen molar-refractivity contribution in [2.75, 3.05) is 11.1 Å². The quantitative estimate of drug-likeness (QED) is 0.238. The smallest absolute Gasteiger partial charge is 0.234 e. The summed E-state index contributed by atoms with van der Waals surface area (Å²) >= 11 is 2.96. The number of amides is 1. The minimum Gasteiger partial charge on any atom is -0.457 e. The van der Waals surface area contributed by atoms with Crippen LogP contribution in [0.5, 0.6) is 11.5 Å². The summed E-state index contributed by atoms with van der Waals surface area (Å²) in [5.74, 6) is 2.32. The number of nitrogens with zero attached hydrogens (tertiary/aromatic N) is 3.